The molecule has 1 fully saturated rings. The fourth-order valence-corrected chi connectivity index (χ4v) is 3.05. The topological polar surface area (TPSA) is 18.5 Å². The SMILES string of the molecule is COc1ccc(C2CCC(Br)C2)cc1OC. The van der Waals surface area contributed by atoms with E-state index in [4.69, 9.17) is 9.47 Å². The van der Waals surface area contributed by atoms with Gasteiger partial charge in [-0.3, -0.25) is 0 Å². The number of ether oxygens (including phenoxy) is 2. The lowest BCUT2D eigenvalue weighted by Gasteiger charge is -2.13. The third kappa shape index (κ3) is 2.34. The van der Waals surface area contributed by atoms with E-state index in [9.17, 15) is 0 Å². The molecule has 2 atom stereocenters. The number of hydrogen-bond donors (Lipinski definition) is 0. The van der Waals surface area contributed by atoms with Gasteiger partial charge >= 0.3 is 0 Å². The van der Waals surface area contributed by atoms with Crippen LogP contribution in [0.15, 0.2) is 18.2 Å². The number of alkyl halides is 1. The lowest BCUT2D eigenvalue weighted by molar-refractivity contribution is 0.354. The highest BCUT2D eigenvalue weighted by Gasteiger charge is 2.24. The van der Waals surface area contributed by atoms with E-state index in [0.29, 0.717) is 10.7 Å². The van der Waals surface area contributed by atoms with Crippen molar-refractivity contribution in [3.63, 3.8) is 0 Å². The van der Waals surface area contributed by atoms with Crippen LogP contribution >= 0.6 is 15.9 Å². The van der Waals surface area contributed by atoms with Gasteiger partial charge in [0.2, 0.25) is 0 Å². The normalized spacial score (nSPS) is 24.4. The Balaban J connectivity index is 2.22. The predicted molar refractivity (Wildman–Crippen MR) is 68.9 cm³/mol. The monoisotopic (exact) mass is 284 g/mol. The van der Waals surface area contributed by atoms with Crippen molar-refractivity contribution in [2.75, 3.05) is 14.2 Å². The molecular weight excluding hydrogens is 268 g/mol. The maximum absolute atomic E-state index is 5.33. The molecular formula is C13H17BrO2. The van der Waals surface area contributed by atoms with Gasteiger partial charge < -0.3 is 9.47 Å². The first-order valence-corrected chi connectivity index (χ1v) is 6.52. The van der Waals surface area contributed by atoms with Crippen molar-refractivity contribution < 1.29 is 9.47 Å². The molecule has 0 amide bonds. The van der Waals surface area contributed by atoms with E-state index in [0.717, 1.165) is 11.5 Å². The second-order valence-electron chi connectivity index (χ2n) is 4.22. The lowest BCUT2D eigenvalue weighted by Crippen LogP contribution is -1.97. The number of methoxy groups -OCH3 is 2. The summed E-state index contributed by atoms with van der Waals surface area (Å²) in [6.45, 7) is 0. The molecule has 1 aliphatic carbocycles. The van der Waals surface area contributed by atoms with Gasteiger partial charge in [0.1, 0.15) is 0 Å². The molecule has 0 saturated heterocycles. The van der Waals surface area contributed by atoms with Crippen LogP contribution in [0.5, 0.6) is 11.5 Å². The van der Waals surface area contributed by atoms with E-state index in [1.165, 1.54) is 24.8 Å². The molecule has 0 N–H and O–H groups in total. The lowest BCUT2D eigenvalue weighted by atomic mass is 9.97. The molecule has 0 heterocycles. The Morgan fingerprint density at radius 1 is 1.12 bits per heavy atom. The zero-order chi connectivity index (χ0) is 11.5. The highest BCUT2D eigenvalue weighted by Crippen LogP contribution is 2.40. The Morgan fingerprint density at radius 2 is 1.88 bits per heavy atom. The summed E-state index contributed by atoms with van der Waals surface area (Å²) >= 11 is 3.68. The van der Waals surface area contributed by atoms with Gasteiger partial charge in [0, 0.05) is 4.83 Å². The molecule has 1 aliphatic rings. The second kappa shape index (κ2) is 5.09. The minimum Gasteiger partial charge on any atom is -0.493 e. The highest BCUT2D eigenvalue weighted by atomic mass is 79.9. The third-order valence-corrected chi connectivity index (χ3v) is 4.08. The first-order chi connectivity index (χ1) is 7.74. The first-order valence-electron chi connectivity index (χ1n) is 5.60. The summed E-state index contributed by atoms with van der Waals surface area (Å²) in [5.41, 5.74) is 1.36. The molecule has 1 aromatic carbocycles. The minimum absolute atomic E-state index is 0.657. The van der Waals surface area contributed by atoms with Crippen molar-refractivity contribution in [1.29, 1.82) is 0 Å². The summed E-state index contributed by atoms with van der Waals surface area (Å²) in [6.07, 6.45) is 3.74. The van der Waals surface area contributed by atoms with Gasteiger partial charge in [-0.25, -0.2) is 0 Å². The molecule has 1 aromatic rings. The van der Waals surface area contributed by atoms with E-state index < -0.39 is 0 Å². The number of hydrogen-bond acceptors (Lipinski definition) is 2. The van der Waals surface area contributed by atoms with Crippen LogP contribution in [0.1, 0.15) is 30.7 Å². The number of halogens is 1. The van der Waals surface area contributed by atoms with Gasteiger partial charge in [-0.2, -0.15) is 0 Å². The summed E-state index contributed by atoms with van der Waals surface area (Å²) < 4.78 is 10.6. The van der Waals surface area contributed by atoms with Crippen molar-refractivity contribution in [3.05, 3.63) is 23.8 Å². The van der Waals surface area contributed by atoms with E-state index in [1.807, 2.05) is 6.07 Å². The molecule has 2 nitrogen and oxygen atoms in total. The number of rotatable bonds is 3. The summed E-state index contributed by atoms with van der Waals surface area (Å²) in [6, 6.07) is 6.25. The van der Waals surface area contributed by atoms with Crippen LogP contribution in [0.4, 0.5) is 0 Å². The molecule has 2 unspecified atom stereocenters. The quantitative estimate of drug-likeness (QED) is 0.788. The van der Waals surface area contributed by atoms with Gasteiger partial charge in [-0.15, -0.1) is 0 Å². The predicted octanol–water partition coefficient (Wildman–Crippen LogP) is 3.73. The van der Waals surface area contributed by atoms with Gasteiger partial charge in [0.05, 0.1) is 14.2 Å². The van der Waals surface area contributed by atoms with E-state index in [-0.39, 0.29) is 0 Å². The summed E-state index contributed by atoms with van der Waals surface area (Å²) in [4.78, 5) is 0.672. The third-order valence-electron chi connectivity index (χ3n) is 3.25. The van der Waals surface area contributed by atoms with Crippen LogP contribution in [0.25, 0.3) is 0 Å². The Morgan fingerprint density at radius 3 is 2.44 bits per heavy atom. The van der Waals surface area contributed by atoms with Gasteiger partial charge in [0.15, 0.2) is 11.5 Å². The molecule has 88 valence electrons. The second-order valence-corrected chi connectivity index (χ2v) is 5.52. The van der Waals surface area contributed by atoms with Crippen molar-refractivity contribution in [2.24, 2.45) is 0 Å². The van der Waals surface area contributed by atoms with Gasteiger partial charge in [-0.1, -0.05) is 22.0 Å². The molecule has 0 radical (unpaired) electrons. The zero-order valence-corrected chi connectivity index (χ0v) is 11.3. The van der Waals surface area contributed by atoms with Crippen LogP contribution in [-0.2, 0) is 0 Å². The Bertz CT molecular complexity index is 365. The molecule has 1 saturated carbocycles. The molecule has 0 aromatic heterocycles. The van der Waals surface area contributed by atoms with Crippen molar-refractivity contribution in [1.82, 2.24) is 0 Å². The maximum Gasteiger partial charge on any atom is 0.160 e. The van der Waals surface area contributed by atoms with Crippen molar-refractivity contribution >= 4 is 15.9 Å². The summed E-state index contributed by atoms with van der Waals surface area (Å²) in [5.74, 6) is 2.29. The largest absolute Gasteiger partial charge is 0.493 e. The Kier molecular flexibility index (Phi) is 3.74. The Hall–Kier alpha value is -0.700. The number of benzene rings is 1. The molecule has 2 rings (SSSR count). The Labute approximate surface area is 105 Å². The molecule has 0 bridgehead atoms. The van der Waals surface area contributed by atoms with Crippen LogP contribution in [0.3, 0.4) is 0 Å². The molecule has 3 heteroatoms. The smallest absolute Gasteiger partial charge is 0.160 e. The fourth-order valence-electron chi connectivity index (χ4n) is 2.34. The summed E-state index contributed by atoms with van der Waals surface area (Å²) in [7, 11) is 3.35. The zero-order valence-electron chi connectivity index (χ0n) is 9.70. The van der Waals surface area contributed by atoms with Crippen LogP contribution < -0.4 is 9.47 Å². The van der Waals surface area contributed by atoms with E-state index in [2.05, 4.69) is 28.1 Å². The van der Waals surface area contributed by atoms with Gasteiger partial charge in [-0.05, 0) is 42.9 Å². The standard InChI is InChI=1S/C13H17BrO2/c1-15-12-6-4-10(8-13(12)16-2)9-3-5-11(14)7-9/h4,6,8-9,11H,3,5,7H2,1-2H3. The average molecular weight is 285 g/mol. The van der Waals surface area contributed by atoms with Crippen molar-refractivity contribution in [2.45, 2.75) is 30.0 Å². The van der Waals surface area contributed by atoms with Crippen molar-refractivity contribution in [3.8, 4) is 11.5 Å². The van der Waals surface area contributed by atoms with Crippen LogP contribution in [0, 0.1) is 0 Å². The average Bonchev–Trinajstić information content (AvgIpc) is 2.75. The van der Waals surface area contributed by atoms with Crippen LogP contribution in [0.2, 0.25) is 0 Å². The molecule has 0 spiro atoms. The molecule has 16 heavy (non-hydrogen) atoms. The van der Waals surface area contributed by atoms with E-state index in [1.54, 1.807) is 14.2 Å². The highest BCUT2D eigenvalue weighted by molar-refractivity contribution is 9.09. The van der Waals surface area contributed by atoms with Gasteiger partial charge in [0.25, 0.3) is 0 Å². The van der Waals surface area contributed by atoms with E-state index >= 15 is 0 Å². The minimum atomic E-state index is 0.657. The summed E-state index contributed by atoms with van der Waals surface area (Å²) in [5, 5.41) is 0. The molecule has 0 aliphatic heterocycles. The first kappa shape index (κ1) is 11.8. The maximum atomic E-state index is 5.33. The van der Waals surface area contributed by atoms with Crippen LogP contribution in [-0.4, -0.2) is 19.0 Å². The fraction of sp³-hybridized carbons (Fsp3) is 0.538.